The smallest absolute Gasteiger partial charge is 0.146 e. The van der Waals surface area contributed by atoms with Gasteiger partial charge in [-0.25, -0.2) is 9.97 Å². The van der Waals surface area contributed by atoms with E-state index in [0.717, 1.165) is 31.2 Å². The van der Waals surface area contributed by atoms with Crippen molar-refractivity contribution in [3.8, 4) is 0 Å². The van der Waals surface area contributed by atoms with Crippen LogP contribution >= 0.6 is 0 Å². The molecule has 0 saturated carbocycles. The van der Waals surface area contributed by atoms with Crippen LogP contribution in [0.2, 0.25) is 0 Å². The van der Waals surface area contributed by atoms with E-state index in [0.29, 0.717) is 12.1 Å². The zero-order valence-electron chi connectivity index (χ0n) is 12.6. The lowest BCUT2D eigenvalue weighted by molar-refractivity contribution is 0.109. The van der Waals surface area contributed by atoms with Crippen molar-refractivity contribution in [2.24, 2.45) is 0 Å². The van der Waals surface area contributed by atoms with Crippen LogP contribution in [0.3, 0.4) is 0 Å². The molecule has 5 heteroatoms. The summed E-state index contributed by atoms with van der Waals surface area (Å²) in [4.78, 5) is 14.0. The minimum Gasteiger partial charge on any atom is -0.313 e. The molecule has 1 aromatic rings. The second-order valence-corrected chi connectivity index (χ2v) is 5.54. The molecule has 0 aromatic carbocycles. The first-order valence-electron chi connectivity index (χ1n) is 6.92. The molecule has 0 aliphatic carbocycles. The molecule has 1 aliphatic heterocycles. The van der Waals surface area contributed by atoms with Crippen LogP contribution in [0.5, 0.6) is 0 Å². The summed E-state index contributed by atoms with van der Waals surface area (Å²) in [6.07, 6.45) is 1.97. The molecule has 0 radical (unpaired) electrons. The normalized spacial score (nSPS) is 23.5. The summed E-state index contributed by atoms with van der Waals surface area (Å²) < 4.78 is 0. The van der Waals surface area contributed by atoms with Gasteiger partial charge >= 0.3 is 0 Å². The molecule has 2 unspecified atom stereocenters. The van der Waals surface area contributed by atoms with Crippen LogP contribution in [0, 0.1) is 6.92 Å². The predicted molar refractivity (Wildman–Crippen MR) is 77.1 cm³/mol. The van der Waals surface area contributed by atoms with Crippen LogP contribution in [-0.4, -0.2) is 60.5 Å². The van der Waals surface area contributed by atoms with Gasteiger partial charge in [-0.05, 0) is 35.0 Å². The lowest BCUT2D eigenvalue weighted by Gasteiger charge is -2.36. The van der Waals surface area contributed by atoms with Crippen LogP contribution in [0.15, 0.2) is 6.20 Å². The summed E-state index contributed by atoms with van der Waals surface area (Å²) in [5, 5.41) is 3.24. The van der Waals surface area contributed by atoms with Crippen molar-refractivity contribution in [3.63, 3.8) is 0 Å². The Morgan fingerprint density at radius 1 is 1.37 bits per heavy atom. The molecule has 0 amide bonds. The van der Waals surface area contributed by atoms with Gasteiger partial charge in [0.25, 0.3) is 0 Å². The lowest BCUT2D eigenvalue weighted by atomic mass is 10.1. The first kappa shape index (κ1) is 14.4. The van der Waals surface area contributed by atoms with Crippen LogP contribution in [0.4, 0.5) is 0 Å². The van der Waals surface area contributed by atoms with Crippen molar-refractivity contribution in [3.05, 3.63) is 23.3 Å². The molecule has 2 heterocycles. The van der Waals surface area contributed by atoms with Gasteiger partial charge in [-0.15, -0.1) is 0 Å². The third kappa shape index (κ3) is 3.11. The SMILES string of the molecule is CNC(C)c1cnc(C2CN(C)CCN2C)nc1C. The molecular formula is C14H25N5. The van der Waals surface area contributed by atoms with Gasteiger partial charge < -0.3 is 10.2 Å². The fraction of sp³-hybridized carbons (Fsp3) is 0.714. The highest BCUT2D eigenvalue weighted by Gasteiger charge is 2.26. The van der Waals surface area contributed by atoms with E-state index in [9.17, 15) is 0 Å². The van der Waals surface area contributed by atoms with E-state index in [1.807, 2.05) is 13.2 Å². The second-order valence-electron chi connectivity index (χ2n) is 5.54. The fourth-order valence-corrected chi connectivity index (χ4v) is 2.52. The average molecular weight is 263 g/mol. The molecule has 106 valence electrons. The molecular weight excluding hydrogens is 238 g/mol. The van der Waals surface area contributed by atoms with Crippen LogP contribution in [0.25, 0.3) is 0 Å². The summed E-state index contributed by atoms with van der Waals surface area (Å²) in [7, 11) is 6.27. The summed E-state index contributed by atoms with van der Waals surface area (Å²) >= 11 is 0. The van der Waals surface area contributed by atoms with Gasteiger partial charge in [0.15, 0.2) is 0 Å². The quantitative estimate of drug-likeness (QED) is 0.881. The van der Waals surface area contributed by atoms with Gasteiger partial charge in [-0.3, -0.25) is 4.90 Å². The fourth-order valence-electron chi connectivity index (χ4n) is 2.52. The maximum Gasteiger partial charge on any atom is 0.146 e. The molecule has 5 nitrogen and oxygen atoms in total. The van der Waals surface area contributed by atoms with Crippen molar-refractivity contribution in [2.45, 2.75) is 25.9 Å². The molecule has 1 fully saturated rings. The van der Waals surface area contributed by atoms with E-state index in [-0.39, 0.29) is 0 Å². The maximum absolute atomic E-state index is 4.73. The van der Waals surface area contributed by atoms with Crippen LogP contribution in [0.1, 0.15) is 36.1 Å². The number of hydrogen-bond donors (Lipinski definition) is 1. The highest BCUT2D eigenvalue weighted by Crippen LogP contribution is 2.22. The lowest BCUT2D eigenvalue weighted by Crippen LogP contribution is -2.45. The van der Waals surface area contributed by atoms with Crippen molar-refractivity contribution in [2.75, 3.05) is 40.8 Å². The highest BCUT2D eigenvalue weighted by molar-refractivity contribution is 5.20. The zero-order valence-corrected chi connectivity index (χ0v) is 12.6. The molecule has 0 spiro atoms. The zero-order chi connectivity index (χ0) is 14.0. The van der Waals surface area contributed by atoms with E-state index < -0.39 is 0 Å². The van der Waals surface area contributed by atoms with Crippen LogP contribution in [-0.2, 0) is 0 Å². The van der Waals surface area contributed by atoms with E-state index in [1.54, 1.807) is 0 Å². The Morgan fingerprint density at radius 3 is 2.74 bits per heavy atom. The Labute approximate surface area is 116 Å². The maximum atomic E-state index is 4.73. The predicted octanol–water partition coefficient (Wildman–Crippen LogP) is 0.984. The Bertz CT molecular complexity index is 434. The van der Waals surface area contributed by atoms with Crippen molar-refractivity contribution in [1.29, 1.82) is 0 Å². The molecule has 19 heavy (non-hydrogen) atoms. The molecule has 1 N–H and O–H groups in total. The molecule has 2 rings (SSSR count). The summed E-state index contributed by atoms with van der Waals surface area (Å²) in [5.41, 5.74) is 2.26. The van der Waals surface area contributed by atoms with Gasteiger partial charge in [-0.2, -0.15) is 0 Å². The van der Waals surface area contributed by atoms with E-state index in [4.69, 9.17) is 4.98 Å². The summed E-state index contributed by atoms with van der Waals surface area (Å²) in [6.45, 7) is 7.38. The number of likely N-dealkylation sites (N-methyl/N-ethyl adjacent to an activating group) is 2. The first-order chi connectivity index (χ1) is 9.02. The van der Waals surface area contributed by atoms with Crippen molar-refractivity contribution in [1.82, 2.24) is 25.1 Å². The third-order valence-electron chi connectivity index (χ3n) is 4.08. The third-order valence-corrected chi connectivity index (χ3v) is 4.08. The van der Waals surface area contributed by atoms with Gasteiger partial charge in [0, 0.05) is 43.1 Å². The van der Waals surface area contributed by atoms with Gasteiger partial charge in [0.05, 0.1) is 6.04 Å². The first-order valence-corrected chi connectivity index (χ1v) is 6.92. The standard InChI is InChI=1S/C14H25N5/c1-10(15-3)12-8-16-14(17-11(12)2)13-9-18(4)6-7-19(13)5/h8,10,13,15H,6-7,9H2,1-5H3. The minimum atomic E-state index is 0.292. The molecule has 1 aliphatic rings. The van der Waals surface area contributed by atoms with Crippen LogP contribution < -0.4 is 5.32 Å². The number of piperazine rings is 1. The number of nitrogens with zero attached hydrogens (tertiary/aromatic N) is 4. The monoisotopic (exact) mass is 263 g/mol. The highest BCUT2D eigenvalue weighted by atomic mass is 15.3. The summed E-state index contributed by atoms with van der Waals surface area (Å²) in [5.74, 6) is 0.943. The number of rotatable bonds is 3. The number of aryl methyl sites for hydroxylation is 1. The Morgan fingerprint density at radius 2 is 2.11 bits per heavy atom. The Kier molecular flexibility index (Phi) is 4.50. The largest absolute Gasteiger partial charge is 0.313 e. The molecule has 1 aromatic heterocycles. The second kappa shape index (κ2) is 5.94. The Balaban J connectivity index is 2.23. The summed E-state index contributed by atoms with van der Waals surface area (Å²) in [6, 6.07) is 0.595. The minimum absolute atomic E-state index is 0.292. The van der Waals surface area contributed by atoms with E-state index in [1.165, 1.54) is 5.56 Å². The van der Waals surface area contributed by atoms with E-state index in [2.05, 4.69) is 48.0 Å². The molecule has 0 bridgehead atoms. The van der Waals surface area contributed by atoms with E-state index >= 15 is 0 Å². The molecule has 1 saturated heterocycles. The average Bonchev–Trinajstić information content (AvgIpc) is 2.40. The number of aromatic nitrogens is 2. The van der Waals surface area contributed by atoms with Crippen molar-refractivity contribution >= 4 is 0 Å². The van der Waals surface area contributed by atoms with Crippen molar-refractivity contribution < 1.29 is 0 Å². The topological polar surface area (TPSA) is 44.3 Å². The van der Waals surface area contributed by atoms with Gasteiger partial charge in [0.1, 0.15) is 5.82 Å². The van der Waals surface area contributed by atoms with Gasteiger partial charge in [0.2, 0.25) is 0 Å². The Hall–Kier alpha value is -1.04. The number of nitrogens with one attached hydrogen (secondary N) is 1. The number of hydrogen-bond acceptors (Lipinski definition) is 5. The van der Waals surface area contributed by atoms with Gasteiger partial charge in [-0.1, -0.05) is 0 Å². The molecule has 2 atom stereocenters.